The van der Waals surface area contributed by atoms with Crippen LogP contribution in [0.2, 0.25) is 0 Å². The van der Waals surface area contributed by atoms with E-state index < -0.39 is 9.84 Å². The molecule has 0 spiro atoms. The van der Waals surface area contributed by atoms with Crippen LogP contribution in [0.15, 0.2) is 76.2 Å². The van der Waals surface area contributed by atoms with Gasteiger partial charge in [0.1, 0.15) is 17.3 Å². The quantitative estimate of drug-likeness (QED) is 0.543. The van der Waals surface area contributed by atoms with Crippen LogP contribution in [0.4, 0.5) is 0 Å². The van der Waals surface area contributed by atoms with E-state index in [0.29, 0.717) is 17.0 Å². The Kier molecular flexibility index (Phi) is 4.05. The van der Waals surface area contributed by atoms with Crippen molar-refractivity contribution in [2.75, 3.05) is 0 Å². The minimum atomic E-state index is -3.54. The Morgan fingerprint density at radius 1 is 0.923 bits per heavy atom. The number of furan rings is 1. The molecule has 0 aliphatic heterocycles. The van der Waals surface area contributed by atoms with E-state index in [1.54, 1.807) is 42.7 Å². The average molecular weight is 364 g/mol. The predicted octanol–water partition coefficient (Wildman–Crippen LogP) is 4.17. The molecule has 0 atom stereocenters. The summed E-state index contributed by atoms with van der Waals surface area (Å²) in [7, 11) is -3.54. The third kappa shape index (κ3) is 3.11. The molecule has 0 amide bonds. The van der Waals surface area contributed by atoms with Crippen molar-refractivity contribution in [1.82, 2.24) is 9.97 Å². The first-order valence-corrected chi connectivity index (χ1v) is 9.77. The van der Waals surface area contributed by atoms with Crippen LogP contribution >= 0.6 is 0 Å². The Morgan fingerprint density at radius 3 is 2.42 bits per heavy atom. The summed E-state index contributed by atoms with van der Waals surface area (Å²) >= 11 is 0. The van der Waals surface area contributed by atoms with Gasteiger partial charge in [-0.2, -0.15) is 0 Å². The normalized spacial score (nSPS) is 11.7. The number of para-hydroxylation sites is 1. The number of hydrogen-bond donors (Lipinski definition) is 0. The zero-order valence-corrected chi connectivity index (χ0v) is 14.9. The molecule has 5 nitrogen and oxygen atoms in total. The van der Waals surface area contributed by atoms with Gasteiger partial charge in [-0.05, 0) is 37.3 Å². The third-order valence-corrected chi connectivity index (χ3v) is 5.73. The van der Waals surface area contributed by atoms with E-state index in [1.807, 2.05) is 31.2 Å². The molecule has 4 rings (SSSR count). The van der Waals surface area contributed by atoms with Gasteiger partial charge >= 0.3 is 0 Å². The molecule has 0 saturated heterocycles. The van der Waals surface area contributed by atoms with Gasteiger partial charge in [-0.25, -0.2) is 18.4 Å². The number of nitrogens with zero attached hydrogens (tertiary/aromatic N) is 2. The van der Waals surface area contributed by atoms with Gasteiger partial charge in [0.05, 0.1) is 16.7 Å². The number of aromatic nitrogens is 2. The summed E-state index contributed by atoms with van der Waals surface area (Å²) < 4.78 is 31.0. The van der Waals surface area contributed by atoms with Crippen molar-refractivity contribution in [1.29, 1.82) is 0 Å². The molecule has 6 heteroatoms. The van der Waals surface area contributed by atoms with Gasteiger partial charge in [0.25, 0.3) is 0 Å². The van der Waals surface area contributed by atoms with Crippen molar-refractivity contribution in [3.63, 3.8) is 0 Å². The summed E-state index contributed by atoms with van der Waals surface area (Å²) in [5.41, 5.74) is 2.28. The highest BCUT2D eigenvalue weighted by molar-refractivity contribution is 7.90. The number of aryl methyl sites for hydroxylation is 1. The second-order valence-electron chi connectivity index (χ2n) is 6.06. The molecule has 2 heterocycles. The lowest BCUT2D eigenvalue weighted by Crippen LogP contribution is -2.09. The lowest BCUT2D eigenvalue weighted by atomic mass is 10.1. The fraction of sp³-hybridized carbons (Fsp3) is 0.100. The molecule has 0 aliphatic carbocycles. The average Bonchev–Trinajstić information content (AvgIpc) is 3.15. The summed E-state index contributed by atoms with van der Waals surface area (Å²) in [6, 6.07) is 17.8. The monoisotopic (exact) mass is 364 g/mol. The second-order valence-corrected chi connectivity index (χ2v) is 8.04. The Morgan fingerprint density at radius 2 is 1.69 bits per heavy atom. The maximum atomic E-state index is 12.7. The molecular formula is C20H16N2O3S. The van der Waals surface area contributed by atoms with Crippen LogP contribution < -0.4 is 0 Å². The van der Waals surface area contributed by atoms with E-state index in [-0.39, 0.29) is 16.5 Å². The van der Waals surface area contributed by atoms with Gasteiger partial charge in [0, 0.05) is 5.39 Å². The van der Waals surface area contributed by atoms with Gasteiger partial charge < -0.3 is 4.42 Å². The summed E-state index contributed by atoms with van der Waals surface area (Å²) in [6.45, 7) is 1.92. The molecule has 130 valence electrons. The molecule has 2 aromatic heterocycles. The van der Waals surface area contributed by atoms with Crippen molar-refractivity contribution in [2.24, 2.45) is 0 Å². The summed E-state index contributed by atoms with van der Waals surface area (Å²) in [5.74, 6) is 0.558. The van der Waals surface area contributed by atoms with Crippen LogP contribution in [0, 0.1) is 6.92 Å². The lowest BCUT2D eigenvalue weighted by molar-refractivity contribution is 0.579. The maximum absolute atomic E-state index is 12.7. The van der Waals surface area contributed by atoms with Crippen LogP contribution in [0.1, 0.15) is 11.4 Å². The first-order chi connectivity index (χ1) is 12.5. The van der Waals surface area contributed by atoms with E-state index in [1.165, 1.54) is 0 Å². The van der Waals surface area contributed by atoms with Gasteiger partial charge in [-0.15, -0.1) is 0 Å². The molecule has 0 fully saturated rings. The summed E-state index contributed by atoms with van der Waals surface area (Å²) in [5, 5.41) is 0.818. The molecule has 0 aliphatic rings. The van der Waals surface area contributed by atoms with Crippen molar-refractivity contribution in [3.8, 4) is 11.5 Å². The fourth-order valence-corrected chi connectivity index (χ4v) is 3.98. The Labute approximate surface area is 151 Å². The first-order valence-electron chi connectivity index (χ1n) is 8.12. The largest absolute Gasteiger partial charge is 0.463 e. The number of sulfone groups is 1. The number of rotatable bonds is 4. The van der Waals surface area contributed by atoms with E-state index >= 15 is 0 Å². The number of fused-ring (bicyclic) bond motifs is 1. The van der Waals surface area contributed by atoms with Crippen molar-refractivity contribution in [3.05, 3.63) is 78.3 Å². The van der Waals surface area contributed by atoms with Crippen molar-refractivity contribution in [2.45, 2.75) is 17.6 Å². The van der Waals surface area contributed by atoms with Crippen molar-refractivity contribution >= 4 is 20.7 Å². The molecule has 4 aromatic rings. The zero-order valence-electron chi connectivity index (χ0n) is 14.1. The van der Waals surface area contributed by atoms with E-state index in [9.17, 15) is 8.42 Å². The van der Waals surface area contributed by atoms with Crippen molar-refractivity contribution < 1.29 is 12.8 Å². The topological polar surface area (TPSA) is 73.1 Å². The fourth-order valence-electron chi connectivity index (χ4n) is 2.79. The highest BCUT2D eigenvalue weighted by Gasteiger charge is 2.19. The minimum Gasteiger partial charge on any atom is -0.463 e. The highest BCUT2D eigenvalue weighted by Crippen LogP contribution is 2.27. The standard InChI is InChI=1S/C20H16N2O3S/c1-14-8-10-15(11-9-14)26(23,24)13-19-21-17-6-3-2-5-16(17)20(22-19)18-7-4-12-25-18/h2-12H,13H2,1H3. The first kappa shape index (κ1) is 16.5. The van der Waals surface area contributed by atoms with E-state index in [0.717, 1.165) is 10.9 Å². The second kappa shape index (κ2) is 6.38. The predicted molar refractivity (Wildman–Crippen MR) is 99.3 cm³/mol. The van der Waals surface area contributed by atoms with Gasteiger partial charge in [0.2, 0.25) is 0 Å². The SMILES string of the molecule is Cc1ccc(S(=O)(=O)Cc2nc(-c3ccco3)c3ccccc3n2)cc1. The molecule has 0 bridgehead atoms. The molecule has 0 N–H and O–H groups in total. The van der Waals surface area contributed by atoms with Crippen LogP contribution in [0.5, 0.6) is 0 Å². The molecule has 26 heavy (non-hydrogen) atoms. The smallest absolute Gasteiger partial charge is 0.185 e. The Balaban J connectivity index is 1.81. The van der Waals surface area contributed by atoms with Gasteiger partial charge in [-0.3, -0.25) is 0 Å². The zero-order chi connectivity index (χ0) is 18.1. The Hall–Kier alpha value is -2.99. The van der Waals surface area contributed by atoms with Crippen LogP contribution in [-0.2, 0) is 15.6 Å². The van der Waals surface area contributed by atoms with E-state index in [2.05, 4.69) is 9.97 Å². The van der Waals surface area contributed by atoms with Crippen LogP contribution in [0.3, 0.4) is 0 Å². The third-order valence-electron chi connectivity index (χ3n) is 4.10. The molecule has 2 aromatic carbocycles. The molecule has 0 radical (unpaired) electrons. The number of benzene rings is 2. The van der Waals surface area contributed by atoms with Crippen LogP contribution in [0.25, 0.3) is 22.4 Å². The molecule has 0 unspecified atom stereocenters. The van der Waals surface area contributed by atoms with Gasteiger partial charge in [-0.1, -0.05) is 35.9 Å². The van der Waals surface area contributed by atoms with Gasteiger partial charge in [0.15, 0.2) is 15.6 Å². The summed E-state index contributed by atoms with van der Waals surface area (Å²) in [6.07, 6.45) is 1.56. The van der Waals surface area contributed by atoms with Crippen LogP contribution in [-0.4, -0.2) is 18.4 Å². The summed E-state index contributed by atoms with van der Waals surface area (Å²) in [4.78, 5) is 9.19. The lowest BCUT2D eigenvalue weighted by Gasteiger charge is -2.08. The molecule has 0 saturated carbocycles. The highest BCUT2D eigenvalue weighted by atomic mass is 32.2. The molecular weight excluding hydrogens is 348 g/mol. The Bertz CT molecular complexity index is 1170. The maximum Gasteiger partial charge on any atom is 0.185 e. The van der Waals surface area contributed by atoms with E-state index in [4.69, 9.17) is 4.42 Å². The number of hydrogen-bond acceptors (Lipinski definition) is 5. The minimum absolute atomic E-state index is 0.246.